The van der Waals surface area contributed by atoms with Crippen LogP contribution in [0.3, 0.4) is 0 Å². The first-order valence-corrected chi connectivity index (χ1v) is 5.52. The molecule has 0 bridgehead atoms. The number of fused-ring (bicyclic) bond motifs is 1. The van der Waals surface area contributed by atoms with E-state index in [0.717, 1.165) is 30.1 Å². The van der Waals surface area contributed by atoms with Gasteiger partial charge in [-0.1, -0.05) is 13.0 Å². The van der Waals surface area contributed by atoms with Gasteiger partial charge < -0.3 is 15.0 Å². The van der Waals surface area contributed by atoms with Crippen LogP contribution in [0, 0.1) is 0 Å². The van der Waals surface area contributed by atoms with Crippen LogP contribution in [0.25, 0.3) is 0 Å². The van der Waals surface area contributed by atoms with E-state index in [4.69, 9.17) is 4.74 Å². The Balaban J connectivity index is 2.47. The number of anilines is 2. The molecule has 1 aromatic rings. The second-order valence-corrected chi connectivity index (χ2v) is 3.74. The van der Waals surface area contributed by atoms with Gasteiger partial charge in [-0.05, 0) is 18.6 Å². The van der Waals surface area contributed by atoms with Crippen molar-refractivity contribution < 1.29 is 9.53 Å². The molecule has 0 spiro atoms. The number of nitrogens with zero attached hydrogens (tertiary/aromatic N) is 1. The van der Waals surface area contributed by atoms with Crippen LogP contribution in [-0.2, 0) is 4.79 Å². The third-order valence-electron chi connectivity index (χ3n) is 2.64. The van der Waals surface area contributed by atoms with Crippen molar-refractivity contribution in [3.63, 3.8) is 0 Å². The molecule has 1 amide bonds. The summed E-state index contributed by atoms with van der Waals surface area (Å²) in [6.45, 7) is 2.93. The molecule has 0 aliphatic carbocycles. The number of hydrogen-bond acceptors (Lipinski definition) is 3. The van der Waals surface area contributed by atoms with E-state index in [9.17, 15) is 4.79 Å². The minimum absolute atomic E-state index is 0.0250. The quantitative estimate of drug-likeness (QED) is 0.845. The standard InChI is InChI=1S/C12H16N2O2/c1-3-7-14-11(15)8-16-10-6-4-5-9(13-2)12(10)14/h4-6,13H,3,7-8H2,1-2H3. The molecule has 0 unspecified atom stereocenters. The van der Waals surface area contributed by atoms with Gasteiger partial charge in [0.25, 0.3) is 5.91 Å². The molecular weight excluding hydrogens is 204 g/mol. The third kappa shape index (κ3) is 1.71. The van der Waals surface area contributed by atoms with Crippen molar-refractivity contribution in [1.29, 1.82) is 0 Å². The Kier molecular flexibility index (Phi) is 2.99. The molecule has 2 rings (SSSR count). The molecule has 1 aliphatic heterocycles. The Morgan fingerprint density at radius 2 is 2.31 bits per heavy atom. The molecule has 1 aromatic carbocycles. The first-order valence-electron chi connectivity index (χ1n) is 5.52. The molecule has 0 fully saturated rings. The molecule has 1 N–H and O–H groups in total. The fourth-order valence-corrected chi connectivity index (χ4v) is 1.92. The second kappa shape index (κ2) is 4.43. The van der Waals surface area contributed by atoms with Crippen molar-refractivity contribution in [3.05, 3.63) is 18.2 Å². The lowest BCUT2D eigenvalue weighted by Crippen LogP contribution is -2.39. The molecule has 1 heterocycles. The minimum Gasteiger partial charge on any atom is -0.481 e. The van der Waals surface area contributed by atoms with Gasteiger partial charge in [-0.25, -0.2) is 0 Å². The number of amides is 1. The zero-order valence-electron chi connectivity index (χ0n) is 9.62. The number of rotatable bonds is 3. The van der Waals surface area contributed by atoms with Gasteiger partial charge in [-0.3, -0.25) is 4.79 Å². The van der Waals surface area contributed by atoms with Gasteiger partial charge in [0.1, 0.15) is 11.4 Å². The summed E-state index contributed by atoms with van der Waals surface area (Å²) >= 11 is 0. The lowest BCUT2D eigenvalue weighted by molar-refractivity contribution is -0.121. The van der Waals surface area contributed by atoms with Gasteiger partial charge in [0, 0.05) is 13.6 Å². The number of ether oxygens (including phenoxy) is 1. The van der Waals surface area contributed by atoms with E-state index in [2.05, 4.69) is 12.2 Å². The van der Waals surface area contributed by atoms with Crippen molar-refractivity contribution in [2.45, 2.75) is 13.3 Å². The Labute approximate surface area is 95.2 Å². The number of benzene rings is 1. The highest BCUT2D eigenvalue weighted by Crippen LogP contribution is 2.38. The number of carbonyl (C=O) groups excluding carboxylic acids is 1. The van der Waals surface area contributed by atoms with Crippen molar-refractivity contribution in [2.75, 3.05) is 30.4 Å². The summed E-state index contributed by atoms with van der Waals surface area (Å²) in [6.07, 6.45) is 0.934. The number of hydrogen-bond donors (Lipinski definition) is 1. The number of carbonyl (C=O) groups is 1. The van der Waals surface area contributed by atoms with E-state index in [1.54, 1.807) is 4.90 Å². The SMILES string of the molecule is CCCN1C(=O)COc2cccc(NC)c21. The highest BCUT2D eigenvalue weighted by atomic mass is 16.5. The van der Waals surface area contributed by atoms with Crippen molar-refractivity contribution in [1.82, 2.24) is 0 Å². The van der Waals surface area contributed by atoms with Crippen LogP contribution < -0.4 is 15.0 Å². The van der Waals surface area contributed by atoms with Crippen LogP contribution in [0.2, 0.25) is 0 Å². The molecule has 0 saturated carbocycles. The predicted octanol–water partition coefficient (Wildman–Crippen LogP) is 1.86. The van der Waals surface area contributed by atoms with E-state index in [1.165, 1.54) is 0 Å². The van der Waals surface area contributed by atoms with E-state index in [0.29, 0.717) is 0 Å². The minimum atomic E-state index is 0.0250. The summed E-state index contributed by atoms with van der Waals surface area (Å²) in [7, 11) is 1.85. The largest absolute Gasteiger partial charge is 0.481 e. The summed E-state index contributed by atoms with van der Waals surface area (Å²) < 4.78 is 5.42. The third-order valence-corrected chi connectivity index (χ3v) is 2.64. The summed E-state index contributed by atoms with van der Waals surface area (Å²) in [5.41, 5.74) is 1.79. The lowest BCUT2D eigenvalue weighted by atomic mass is 10.2. The Morgan fingerprint density at radius 1 is 1.50 bits per heavy atom. The maximum atomic E-state index is 11.8. The second-order valence-electron chi connectivity index (χ2n) is 3.74. The van der Waals surface area contributed by atoms with Crippen LogP contribution in [0.15, 0.2) is 18.2 Å². The average molecular weight is 220 g/mol. The van der Waals surface area contributed by atoms with E-state index in [1.807, 2.05) is 25.2 Å². The van der Waals surface area contributed by atoms with E-state index >= 15 is 0 Å². The molecule has 0 atom stereocenters. The topological polar surface area (TPSA) is 41.6 Å². The van der Waals surface area contributed by atoms with Gasteiger partial charge in [-0.15, -0.1) is 0 Å². The molecule has 86 valence electrons. The summed E-state index contributed by atoms with van der Waals surface area (Å²) in [6, 6.07) is 5.76. The van der Waals surface area contributed by atoms with Crippen LogP contribution in [0.5, 0.6) is 5.75 Å². The maximum absolute atomic E-state index is 11.8. The monoisotopic (exact) mass is 220 g/mol. The summed E-state index contributed by atoms with van der Waals surface area (Å²) in [5.74, 6) is 0.803. The zero-order chi connectivity index (χ0) is 11.5. The maximum Gasteiger partial charge on any atom is 0.265 e. The molecule has 16 heavy (non-hydrogen) atoms. The first-order chi connectivity index (χ1) is 7.77. The van der Waals surface area contributed by atoms with E-state index < -0.39 is 0 Å². The van der Waals surface area contributed by atoms with E-state index in [-0.39, 0.29) is 12.5 Å². The lowest BCUT2D eigenvalue weighted by Gasteiger charge is -2.30. The molecule has 1 aliphatic rings. The highest BCUT2D eigenvalue weighted by Gasteiger charge is 2.26. The van der Waals surface area contributed by atoms with Crippen LogP contribution >= 0.6 is 0 Å². The average Bonchev–Trinajstić information content (AvgIpc) is 2.32. The van der Waals surface area contributed by atoms with Crippen LogP contribution in [0.4, 0.5) is 11.4 Å². The molecule has 4 nitrogen and oxygen atoms in total. The highest BCUT2D eigenvalue weighted by molar-refractivity contribution is 6.01. The summed E-state index contributed by atoms with van der Waals surface area (Å²) in [4.78, 5) is 13.6. The van der Waals surface area contributed by atoms with Crippen molar-refractivity contribution in [2.24, 2.45) is 0 Å². The Morgan fingerprint density at radius 3 is 3.00 bits per heavy atom. The van der Waals surface area contributed by atoms with Crippen LogP contribution in [-0.4, -0.2) is 26.1 Å². The fourth-order valence-electron chi connectivity index (χ4n) is 1.92. The molecule has 0 saturated heterocycles. The van der Waals surface area contributed by atoms with Crippen molar-refractivity contribution in [3.8, 4) is 5.75 Å². The molecule has 4 heteroatoms. The Bertz CT molecular complexity index is 390. The zero-order valence-corrected chi connectivity index (χ0v) is 9.62. The van der Waals surface area contributed by atoms with Gasteiger partial charge in [-0.2, -0.15) is 0 Å². The van der Waals surface area contributed by atoms with Crippen molar-refractivity contribution >= 4 is 17.3 Å². The Hall–Kier alpha value is -1.71. The molecule has 0 aromatic heterocycles. The predicted molar refractivity (Wildman–Crippen MR) is 64.1 cm³/mol. The molecular formula is C12H16N2O2. The number of para-hydroxylation sites is 1. The van der Waals surface area contributed by atoms with Gasteiger partial charge in [0.2, 0.25) is 0 Å². The van der Waals surface area contributed by atoms with Gasteiger partial charge >= 0.3 is 0 Å². The molecule has 0 radical (unpaired) electrons. The normalized spacial score (nSPS) is 14.4. The number of nitrogens with one attached hydrogen (secondary N) is 1. The van der Waals surface area contributed by atoms with Crippen LogP contribution in [0.1, 0.15) is 13.3 Å². The summed E-state index contributed by atoms with van der Waals surface area (Å²) in [5, 5.41) is 3.09. The first kappa shape index (κ1) is 10.8. The smallest absolute Gasteiger partial charge is 0.265 e. The van der Waals surface area contributed by atoms with Gasteiger partial charge in [0.05, 0.1) is 5.69 Å². The fraction of sp³-hybridized carbons (Fsp3) is 0.417. The van der Waals surface area contributed by atoms with Gasteiger partial charge in [0.15, 0.2) is 6.61 Å².